The number of hydrogen-bond acceptors (Lipinski definition) is 3. The van der Waals surface area contributed by atoms with Crippen LogP contribution in [0.4, 0.5) is 0 Å². The predicted octanol–water partition coefficient (Wildman–Crippen LogP) is 1.84. The number of piperidine rings is 1. The van der Waals surface area contributed by atoms with Gasteiger partial charge in [0.05, 0.1) is 0 Å². The molecule has 19 heavy (non-hydrogen) atoms. The van der Waals surface area contributed by atoms with Crippen molar-refractivity contribution >= 4 is 5.91 Å². The van der Waals surface area contributed by atoms with E-state index >= 15 is 0 Å². The quantitative estimate of drug-likeness (QED) is 0.767. The first kappa shape index (κ1) is 16.4. The molecule has 0 aromatic rings. The normalized spacial score (nSPS) is 22.2. The van der Waals surface area contributed by atoms with E-state index in [2.05, 4.69) is 11.8 Å². The van der Waals surface area contributed by atoms with E-state index in [0.717, 1.165) is 32.6 Å². The van der Waals surface area contributed by atoms with Gasteiger partial charge in [-0.2, -0.15) is 0 Å². The Morgan fingerprint density at radius 2 is 2.05 bits per heavy atom. The van der Waals surface area contributed by atoms with Crippen LogP contribution in [0.1, 0.15) is 52.9 Å². The molecule has 1 aliphatic heterocycles. The van der Waals surface area contributed by atoms with Crippen LogP contribution in [0.25, 0.3) is 0 Å². The van der Waals surface area contributed by atoms with Gasteiger partial charge >= 0.3 is 0 Å². The van der Waals surface area contributed by atoms with Gasteiger partial charge in [0.25, 0.3) is 0 Å². The minimum Gasteiger partial charge on any atom is -0.343 e. The maximum absolute atomic E-state index is 11.9. The standard InChI is InChI=1S/C15H31N3O/c1-4-17(5-2)15(19)10-8-12-18-11-7-6-9-14(18)13(3)16/h13-14H,4-12,16H2,1-3H3. The van der Waals surface area contributed by atoms with Crippen molar-refractivity contribution in [1.82, 2.24) is 9.80 Å². The van der Waals surface area contributed by atoms with Gasteiger partial charge in [0.15, 0.2) is 0 Å². The molecule has 0 bridgehead atoms. The topological polar surface area (TPSA) is 49.6 Å². The molecule has 0 aromatic heterocycles. The first-order chi connectivity index (χ1) is 9.10. The lowest BCUT2D eigenvalue weighted by Crippen LogP contribution is -2.49. The van der Waals surface area contributed by atoms with Crippen LogP contribution in [0.15, 0.2) is 0 Å². The fraction of sp³-hybridized carbons (Fsp3) is 0.933. The highest BCUT2D eigenvalue weighted by atomic mass is 16.2. The molecule has 0 radical (unpaired) electrons. The Kier molecular flexibility index (Phi) is 7.39. The van der Waals surface area contributed by atoms with Crippen molar-refractivity contribution in [2.24, 2.45) is 5.73 Å². The van der Waals surface area contributed by atoms with Crippen molar-refractivity contribution in [3.05, 3.63) is 0 Å². The molecular formula is C15H31N3O. The van der Waals surface area contributed by atoms with E-state index in [9.17, 15) is 4.79 Å². The number of likely N-dealkylation sites (tertiary alicyclic amines) is 1. The fourth-order valence-corrected chi connectivity index (χ4v) is 3.06. The summed E-state index contributed by atoms with van der Waals surface area (Å²) in [5, 5.41) is 0. The monoisotopic (exact) mass is 269 g/mol. The van der Waals surface area contributed by atoms with Gasteiger partial charge in [-0.05, 0) is 53.1 Å². The fourth-order valence-electron chi connectivity index (χ4n) is 3.06. The van der Waals surface area contributed by atoms with E-state index in [4.69, 9.17) is 5.73 Å². The van der Waals surface area contributed by atoms with Gasteiger partial charge < -0.3 is 10.6 Å². The third kappa shape index (κ3) is 5.11. The summed E-state index contributed by atoms with van der Waals surface area (Å²) in [5.41, 5.74) is 6.06. The third-order valence-corrected chi connectivity index (χ3v) is 4.22. The summed E-state index contributed by atoms with van der Waals surface area (Å²) in [6.45, 7) is 9.98. The third-order valence-electron chi connectivity index (χ3n) is 4.22. The molecule has 1 fully saturated rings. The lowest BCUT2D eigenvalue weighted by molar-refractivity contribution is -0.131. The zero-order valence-electron chi connectivity index (χ0n) is 12.9. The van der Waals surface area contributed by atoms with Gasteiger partial charge in [-0.3, -0.25) is 9.69 Å². The van der Waals surface area contributed by atoms with Gasteiger partial charge in [-0.25, -0.2) is 0 Å². The molecule has 0 aromatic carbocycles. The van der Waals surface area contributed by atoms with Crippen molar-refractivity contribution in [2.75, 3.05) is 26.2 Å². The molecule has 2 unspecified atom stereocenters. The Balaban J connectivity index is 2.32. The van der Waals surface area contributed by atoms with E-state index in [1.165, 1.54) is 19.3 Å². The second kappa shape index (κ2) is 8.54. The molecule has 4 nitrogen and oxygen atoms in total. The number of nitrogens with two attached hydrogens (primary N) is 1. The summed E-state index contributed by atoms with van der Waals surface area (Å²) in [7, 11) is 0. The van der Waals surface area contributed by atoms with Crippen LogP contribution >= 0.6 is 0 Å². The second-order valence-corrected chi connectivity index (χ2v) is 5.63. The molecule has 1 rings (SSSR count). The maximum atomic E-state index is 11.9. The maximum Gasteiger partial charge on any atom is 0.222 e. The Hall–Kier alpha value is -0.610. The van der Waals surface area contributed by atoms with Gasteiger partial charge in [0, 0.05) is 31.6 Å². The highest BCUT2D eigenvalue weighted by Crippen LogP contribution is 2.19. The number of hydrogen-bond donors (Lipinski definition) is 1. The lowest BCUT2D eigenvalue weighted by atomic mass is 9.96. The number of amides is 1. The van der Waals surface area contributed by atoms with Crippen LogP contribution < -0.4 is 5.73 Å². The minimum atomic E-state index is 0.235. The van der Waals surface area contributed by atoms with Crippen LogP contribution in [0.3, 0.4) is 0 Å². The van der Waals surface area contributed by atoms with Gasteiger partial charge in [0.1, 0.15) is 0 Å². The molecule has 1 amide bonds. The average Bonchev–Trinajstić information content (AvgIpc) is 2.40. The van der Waals surface area contributed by atoms with E-state index < -0.39 is 0 Å². The molecule has 0 spiro atoms. The molecule has 1 saturated heterocycles. The highest BCUT2D eigenvalue weighted by molar-refractivity contribution is 5.76. The largest absolute Gasteiger partial charge is 0.343 e. The molecule has 1 aliphatic rings. The van der Waals surface area contributed by atoms with Crippen LogP contribution in [-0.2, 0) is 4.79 Å². The minimum absolute atomic E-state index is 0.235. The van der Waals surface area contributed by atoms with Crippen molar-refractivity contribution in [1.29, 1.82) is 0 Å². The van der Waals surface area contributed by atoms with E-state index in [1.807, 2.05) is 18.7 Å². The highest BCUT2D eigenvalue weighted by Gasteiger charge is 2.25. The number of nitrogens with zero attached hydrogens (tertiary/aromatic N) is 2. The summed E-state index contributed by atoms with van der Waals surface area (Å²) in [4.78, 5) is 16.4. The van der Waals surface area contributed by atoms with E-state index in [1.54, 1.807) is 0 Å². The van der Waals surface area contributed by atoms with Crippen LogP contribution in [0.2, 0.25) is 0 Å². The molecule has 0 aliphatic carbocycles. The first-order valence-corrected chi connectivity index (χ1v) is 7.87. The Bertz CT molecular complexity index is 264. The first-order valence-electron chi connectivity index (χ1n) is 7.87. The Labute approximate surface area is 118 Å². The number of rotatable bonds is 7. The van der Waals surface area contributed by atoms with Gasteiger partial charge in [0.2, 0.25) is 5.91 Å². The lowest BCUT2D eigenvalue weighted by Gasteiger charge is -2.38. The summed E-state index contributed by atoms with van der Waals surface area (Å²) in [5.74, 6) is 0.291. The molecule has 112 valence electrons. The Morgan fingerprint density at radius 1 is 1.37 bits per heavy atom. The summed E-state index contributed by atoms with van der Waals surface area (Å²) in [6.07, 6.45) is 5.40. The van der Waals surface area contributed by atoms with Crippen molar-refractivity contribution in [3.63, 3.8) is 0 Å². The van der Waals surface area contributed by atoms with Crippen molar-refractivity contribution < 1.29 is 4.79 Å². The van der Waals surface area contributed by atoms with Crippen LogP contribution in [0.5, 0.6) is 0 Å². The molecule has 0 saturated carbocycles. The van der Waals surface area contributed by atoms with Crippen LogP contribution in [-0.4, -0.2) is 54.0 Å². The van der Waals surface area contributed by atoms with E-state index in [0.29, 0.717) is 18.4 Å². The zero-order chi connectivity index (χ0) is 14.3. The van der Waals surface area contributed by atoms with Gasteiger partial charge in [-0.1, -0.05) is 6.42 Å². The predicted molar refractivity (Wildman–Crippen MR) is 80.0 cm³/mol. The van der Waals surface area contributed by atoms with Gasteiger partial charge in [-0.15, -0.1) is 0 Å². The summed E-state index contributed by atoms with van der Waals surface area (Å²) < 4.78 is 0. The average molecular weight is 269 g/mol. The van der Waals surface area contributed by atoms with E-state index in [-0.39, 0.29) is 6.04 Å². The van der Waals surface area contributed by atoms with Crippen LogP contribution in [0, 0.1) is 0 Å². The Morgan fingerprint density at radius 3 is 2.63 bits per heavy atom. The number of carbonyl (C=O) groups excluding carboxylic acids is 1. The summed E-state index contributed by atoms with van der Waals surface area (Å²) in [6, 6.07) is 0.746. The number of carbonyl (C=O) groups is 1. The summed E-state index contributed by atoms with van der Waals surface area (Å²) >= 11 is 0. The molecule has 4 heteroatoms. The molecular weight excluding hydrogens is 238 g/mol. The second-order valence-electron chi connectivity index (χ2n) is 5.63. The van der Waals surface area contributed by atoms with Crippen molar-refractivity contribution in [2.45, 2.75) is 65.0 Å². The zero-order valence-corrected chi connectivity index (χ0v) is 12.9. The van der Waals surface area contributed by atoms with Crippen molar-refractivity contribution in [3.8, 4) is 0 Å². The molecule has 2 N–H and O–H groups in total. The SMILES string of the molecule is CCN(CC)C(=O)CCCN1CCCCC1C(C)N. The molecule has 1 heterocycles. The smallest absolute Gasteiger partial charge is 0.222 e. The molecule has 2 atom stereocenters.